The predicted molar refractivity (Wildman–Crippen MR) is 105 cm³/mol. The molecule has 0 amide bonds. The van der Waals surface area contributed by atoms with Crippen LogP contribution < -0.4 is 11.5 Å². The standard InChI is InChI=1S/C19H33N7/c1-2-3-4-5-6-7-8-9-10-11-16(26-13-12-22-15-26)14-17-23-18(20)25-19(21)24-17/h12-13,15-16H,2-11,14H2,1H3,(H4,20,21,23,24,25). The summed E-state index contributed by atoms with van der Waals surface area (Å²) in [6, 6.07) is 0.267. The summed E-state index contributed by atoms with van der Waals surface area (Å²) in [6.45, 7) is 2.26. The van der Waals surface area contributed by atoms with Gasteiger partial charge in [0.05, 0.1) is 6.33 Å². The minimum Gasteiger partial charge on any atom is -0.368 e. The molecule has 4 N–H and O–H groups in total. The molecule has 2 rings (SSSR count). The maximum atomic E-state index is 5.69. The second-order valence-corrected chi connectivity index (χ2v) is 6.95. The molecule has 0 spiro atoms. The molecule has 0 aliphatic rings. The Hall–Kier alpha value is -2.18. The van der Waals surface area contributed by atoms with Gasteiger partial charge in [0.15, 0.2) is 0 Å². The minimum absolute atomic E-state index is 0.181. The van der Waals surface area contributed by atoms with Crippen molar-refractivity contribution in [2.24, 2.45) is 0 Å². The van der Waals surface area contributed by atoms with Crippen LogP contribution in [0.5, 0.6) is 0 Å². The van der Waals surface area contributed by atoms with E-state index in [1.54, 1.807) is 6.20 Å². The fraction of sp³-hybridized carbons (Fsp3) is 0.684. The predicted octanol–water partition coefficient (Wildman–Crippen LogP) is 3.94. The number of aromatic nitrogens is 5. The molecule has 0 aromatic carbocycles. The zero-order valence-electron chi connectivity index (χ0n) is 16.0. The van der Waals surface area contributed by atoms with Crippen molar-refractivity contribution < 1.29 is 0 Å². The number of nitrogen functional groups attached to an aromatic ring is 2. The molecule has 1 atom stereocenters. The number of rotatable bonds is 13. The molecule has 7 heteroatoms. The Morgan fingerprint density at radius 3 is 2.08 bits per heavy atom. The number of nitrogens with two attached hydrogens (primary N) is 2. The molecule has 1 unspecified atom stereocenters. The second-order valence-electron chi connectivity index (χ2n) is 6.95. The first-order valence-corrected chi connectivity index (χ1v) is 9.92. The molecule has 0 aliphatic heterocycles. The van der Waals surface area contributed by atoms with Crippen LogP contribution in [0.1, 0.15) is 83.0 Å². The first kappa shape index (κ1) is 20.1. The Morgan fingerprint density at radius 2 is 1.50 bits per heavy atom. The third-order valence-electron chi connectivity index (χ3n) is 4.72. The monoisotopic (exact) mass is 359 g/mol. The van der Waals surface area contributed by atoms with Crippen molar-refractivity contribution in [3.05, 3.63) is 24.5 Å². The molecule has 0 fully saturated rings. The van der Waals surface area contributed by atoms with Crippen molar-refractivity contribution in [3.63, 3.8) is 0 Å². The first-order valence-electron chi connectivity index (χ1n) is 9.92. The van der Waals surface area contributed by atoms with Crippen LogP contribution in [-0.4, -0.2) is 24.5 Å². The summed E-state index contributed by atoms with van der Waals surface area (Å²) in [6.07, 6.45) is 19.3. The average molecular weight is 360 g/mol. The van der Waals surface area contributed by atoms with Gasteiger partial charge < -0.3 is 16.0 Å². The number of nitrogens with zero attached hydrogens (tertiary/aromatic N) is 5. The van der Waals surface area contributed by atoms with Crippen LogP contribution in [0.25, 0.3) is 0 Å². The van der Waals surface area contributed by atoms with Crippen LogP contribution in [0.2, 0.25) is 0 Å². The Balaban J connectivity index is 1.76. The van der Waals surface area contributed by atoms with E-state index >= 15 is 0 Å². The van der Waals surface area contributed by atoms with Crippen LogP contribution in [0, 0.1) is 0 Å². The summed E-state index contributed by atoms with van der Waals surface area (Å²) in [5.74, 6) is 1.00. The lowest BCUT2D eigenvalue weighted by atomic mass is 10.0. The van der Waals surface area contributed by atoms with E-state index in [0.29, 0.717) is 12.2 Å². The molecule has 2 heterocycles. The van der Waals surface area contributed by atoms with Gasteiger partial charge in [-0.25, -0.2) is 4.98 Å². The topological polar surface area (TPSA) is 109 Å². The summed E-state index contributed by atoms with van der Waals surface area (Å²) in [5.41, 5.74) is 11.4. The summed E-state index contributed by atoms with van der Waals surface area (Å²) in [5, 5.41) is 0. The lowest BCUT2D eigenvalue weighted by Gasteiger charge is -2.18. The largest absolute Gasteiger partial charge is 0.368 e. The lowest BCUT2D eigenvalue weighted by Crippen LogP contribution is -2.15. The Labute approximate surface area is 156 Å². The minimum atomic E-state index is 0.181. The third-order valence-corrected chi connectivity index (χ3v) is 4.72. The average Bonchev–Trinajstić information content (AvgIpc) is 3.13. The quantitative estimate of drug-likeness (QED) is 0.524. The van der Waals surface area contributed by atoms with Crippen molar-refractivity contribution in [2.45, 2.75) is 83.6 Å². The van der Waals surface area contributed by atoms with Crippen LogP contribution in [0.4, 0.5) is 11.9 Å². The summed E-state index contributed by atoms with van der Waals surface area (Å²) in [4.78, 5) is 16.5. The molecule has 0 saturated heterocycles. The molecule has 26 heavy (non-hydrogen) atoms. The van der Waals surface area contributed by atoms with Crippen LogP contribution >= 0.6 is 0 Å². The van der Waals surface area contributed by atoms with Gasteiger partial charge >= 0.3 is 0 Å². The van der Waals surface area contributed by atoms with E-state index in [9.17, 15) is 0 Å². The van der Waals surface area contributed by atoms with Gasteiger partial charge in [0.1, 0.15) is 5.82 Å². The van der Waals surface area contributed by atoms with E-state index < -0.39 is 0 Å². The van der Waals surface area contributed by atoms with Crippen LogP contribution in [0.3, 0.4) is 0 Å². The maximum absolute atomic E-state index is 5.69. The fourth-order valence-electron chi connectivity index (χ4n) is 3.29. The zero-order valence-corrected chi connectivity index (χ0v) is 16.0. The Morgan fingerprint density at radius 1 is 0.885 bits per heavy atom. The summed E-state index contributed by atoms with van der Waals surface area (Å²) >= 11 is 0. The molecule has 2 aromatic rings. The normalized spacial score (nSPS) is 12.3. The second kappa shape index (κ2) is 11.4. The lowest BCUT2D eigenvalue weighted by molar-refractivity contribution is 0.426. The summed E-state index contributed by atoms with van der Waals surface area (Å²) in [7, 11) is 0. The smallest absolute Gasteiger partial charge is 0.225 e. The van der Waals surface area contributed by atoms with E-state index in [4.69, 9.17) is 11.5 Å². The van der Waals surface area contributed by atoms with Crippen LogP contribution in [0.15, 0.2) is 18.7 Å². The first-order chi connectivity index (χ1) is 12.7. The van der Waals surface area contributed by atoms with E-state index in [1.807, 2.05) is 12.5 Å². The van der Waals surface area contributed by atoms with E-state index in [2.05, 4.69) is 31.4 Å². The number of hydrogen-bond acceptors (Lipinski definition) is 6. The van der Waals surface area contributed by atoms with Gasteiger partial charge in [-0.05, 0) is 6.42 Å². The number of unbranched alkanes of at least 4 members (excludes halogenated alkanes) is 8. The Bertz CT molecular complexity index is 592. The van der Waals surface area contributed by atoms with E-state index in [0.717, 1.165) is 6.42 Å². The van der Waals surface area contributed by atoms with E-state index in [1.165, 1.54) is 57.8 Å². The van der Waals surface area contributed by atoms with Gasteiger partial charge in [-0.3, -0.25) is 0 Å². The van der Waals surface area contributed by atoms with Crippen molar-refractivity contribution in [3.8, 4) is 0 Å². The Kier molecular flexibility index (Phi) is 8.86. The molecule has 2 aromatic heterocycles. The van der Waals surface area contributed by atoms with Crippen molar-refractivity contribution in [1.29, 1.82) is 0 Å². The number of imidazole rings is 1. The maximum Gasteiger partial charge on any atom is 0.225 e. The SMILES string of the molecule is CCCCCCCCCCCC(Cc1nc(N)nc(N)n1)n1ccnc1. The number of anilines is 2. The molecular formula is C19H33N7. The molecule has 0 radical (unpaired) electrons. The third kappa shape index (κ3) is 7.37. The molecule has 0 saturated carbocycles. The van der Waals surface area contributed by atoms with Crippen molar-refractivity contribution in [2.75, 3.05) is 11.5 Å². The van der Waals surface area contributed by atoms with Crippen molar-refractivity contribution >= 4 is 11.9 Å². The highest BCUT2D eigenvalue weighted by molar-refractivity contribution is 5.26. The van der Waals surface area contributed by atoms with Gasteiger partial charge in [0, 0.05) is 24.9 Å². The molecule has 0 aliphatic carbocycles. The van der Waals surface area contributed by atoms with Gasteiger partial charge in [-0.15, -0.1) is 0 Å². The highest BCUT2D eigenvalue weighted by Gasteiger charge is 2.14. The molecule has 7 nitrogen and oxygen atoms in total. The molecule has 0 bridgehead atoms. The highest BCUT2D eigenvalue weighted by Crippen LogP contribution is 2.21. The van der Waals surface area contributed by atoms with Gasteiger partial charge in [0.25, 0.3) is 0 Å². The van der Waals surface area contributed by atoms with Crippen molar-refractivity contribution in [1.82, 2.24) is 24.5 Å². The van der Waals surface area contributed by atoms with Gasteiger partial charge in [0.2, 0.25) is 11.9 Å². The van der Waals surface area contributed by atoms with Gasteiger partial charge in [-0.1, -0.05) is 64.7 Å². The molecule has 144 valence electrons. The molecular weight excluding hydrogens is 326 g/mol. The van der Waals surface area contributed by atoms with Gasteiger partial charge in [-0.2, -0.15) is 15.0 Å². The number of hydrogen-bond donors (Lipinski definition) is 2. The highest BCUT2D eigenvalue weighted by atomic mass is 15.1. The van der Waals surface area contributed by atoms with E-state index in [-0.39, 0.29) is 17.9 Å². The fourth-order valence-corrected chi connectivity index (χ4v) is 3.29. The van der Waals surface area contributed by atoms with Crippen LogP contribution in [-0.2, 0) is 6.42 Å². The summed E-state index contributed by atoms with van der Waals surface area (Å²) < 4.78 is 2.13. The zero-order chi connectivity index (χ0) is 18.6.